The maximum atomic E-state index is 12.3. The van der Waals surface area contributed by atoms with Gasteiger partial charge in [-0.2, -0.15) is 0 Å². The lowest BCUT2D eigenvalue weighted by molar-refractivity contribution is -0.231. The van der Waals surface area contributed by atoms with Crippen LogP contribution >= 0.6 is 0 Å². The number of Topliss-reactive ketones (excluding diaryl/α,β-unsaturated/α-hetero) is 1. The van der Waals surface area contributed by atoms with E-state index in [2.05, 4.69) is 0 Å². The third-order valence-electron chi connectivity index (χ3n) is 4.24. The minimum Gasteiger partial charge on any atom is -0.347 e. The molecular formula is C16H20O3. The number of ether oxygens (including phenoxy) is 2. The van der Waals surface area contributed by atoms with E-state index < -0.39 is 0 Å². The zero-order valence-corrected chi connectivity index (χ0v) is 11.1. The molecule has 3 heteroatoms. The monoisotopic (exact) mass is 260 g/mol. The minimum atomic E-state index is -0.373. The van der Waals surface area contributed by atoms with Crippen LogP contribution in [0.5, 0.6) is 0 Å². The number of hydrogen-bond donors (Lipinski definition) is 0. The van der Waals surface area contributed by atoms with E-state index in [1.807, 2.05) is 30.3 Å². The first-order chi connectivity index (χ1) is 9.30. The van der Waals surface area contributed by atoms with Crippen LogP contribution in [0, 0.1) is 5.41 Å². The summed E-state index contributed by atoms with van der Waals surface area (Å²) in [5.41, 5.74) is 0.653. The highest BCUT2D eigenvalue weighted by molar-refractivity contribution is 5.85. The van der Waals surface area contributed by atoms with E-state index in [-0.39, 0.29) is 11.7 Å². The van der Waals surface area contributed by atoms with Crippen LogP contribution in [-0.4, -0.2) is 19.0 Å². The fourth-order valence-corrected chi connectivity index (χ4v) is 3.00. The van der Waals surface area contributed by atoms with Crippen molar-refractivity contribution in [2.45, 2.75) is 38.4 Å². The molecule has 2 aliphatic rings. The molecule has 3 rings (SSSR count). The van der Waals surface area contributed by atoms with Crippen molar-refractivity contribution in [3.05, 3.63) is 35.9 Å². The molecule has 0 N–H and O–H groups in total. The van der Waals surface area contributed by atoms with Gasteiger partial charge in [-0.3, -0.25) is 4.79 Å². The fraction of sp³-hybridized carbons (Fsp3) is 0.562. The van der Waals surface area contributed by atoms with Crippen molar-refractivity contribution in [2.24, 2.45) is 5.41 Å². The van der Waals surface area contributed by atoms with Gasteiger partial charge in [-0.15, -0.1) is 0 Å². The van der Waals surface area contributed by atoms with Gasteiger partial charge < -0.3 is 9.47 Å². The van der Waals surface area contributed by atoms with Crippen molar-refractivity contribution in [3.8, 4) is 0 Å². The van der Waals surface area contributed by atoms with Crippen LogP contribution in [-0.2, 0) is 14.3 Å². The number of carbonyl (C=O) groups excluding carboxylic acids is 1. The molecule has 1 aliphatic heterocycles. The summed E-state index contributed by atoms with van der Waals surface area (Å²) in [7, 11) is 0. The molecule has 0 atom stereocenters. The molecule has 0 unspecified atom stereocenters. The Hall–Kier alpha value is -1.19. The predicted molar refractivity (Wildman–Crippen MR) is 71.6 cm³/mol. The molecule has 0 amide bonds. The average molecular weight is 260 g/mol. The van der Waals surface area contributed by atoms with E-state index in [4.69, 9.17) is 9.47 Å². The number of ketones is 1. The zero-order chi connectivity index (χ0) is 13.1. The van der Waals surface area contributed by atoms with Gasteiger partial charge in [0.2, 0.25) is 0 Å². The van der Waals surface area contributed by atoms with Crippen LogP contribution in [0.1, 0.15) is 44.0 Å². The van der Waals surface area contributed by atoms with Crippen molar-refractivity contribution in [3.63, 3.8) is 0 Å². The van der Waals surface area contributed by atoms with Gasteiger partial charge in [-0.1, -0.05) is 43.2 Å². The summed E-state index contributed by atoms with van der Waals surface area (Å²) >= 11 is 0. The normalized spacial score (nSPS) is 32.2. The summed E-state index contributed by atoms with van der Waals surface area (Å²) in [6.07, 6.45) is 4.55. The van der Waals surface area contributed by atoms with Crippen molar-refractivity contribution in [1.29, 1.82) is 0 Å². The van der Waals surface area contributed by atoms with E-state index in [1.54, 1.807) is 0 Å². The molecule has 19 heavy (non-hydrogen) atoms. The standard InChI is InChI=1S/C16H20O3/c17-14-9-5-2-6-10-16(14)11-18-15(19-12-16)13-7-3-1-4-8-13/h1,3-4,7-8,15H,2,5-6,9-12H2. The summed E-state index contributed by atoms with van der Waals surface area (Å²) in [4.78, 5) is 12.3. The second kappa shape index (κ2) is 5.43. The number of benzene rings is 1. The summed E-state index contributed by atoms with van der Waals surface area (Å²) < 4.78 is 11.7. The van der Waals surface area contributed by atoms with E-state index in [0.29, 0.717) is 25.4 Å². The lowest BCUT2D eigenvalue weighted by Gasteiger charge is -2.38. The SMILES string of the molecule is O=C1CCCCCC12COC(c1ccccc1)OC2. The van der Waals surface area contributed by atoms with E-state index >= 15 is 0 Å². The minimum absolute atomic E-state index is 0.317. The van der Waals surface area contributed by atoms with Gasteiger partial charge >= 0.3 is 0 Å². The first-order valence-corrected chi connectivity index (χ1v) is 7.12. The number of hydrogen-bond acceptors (Lipinski definition) is 3. The lowest BCUT2D eigenvalue weighted by Crippen LogP contribution is -2.44. The average Bonchev–Trinajstić information content (AvgIpc) is 2.64. The van der Waals surface area contributed by atoms with Gasteiger partial charge in [0.05, 0.1) is 18.6 Å². The summed E-state index contributed by atoms with van der Waals surface area (Å²) in [6, 6.07) is 9.92. The molecule has 1 heterocycles. The molecule has 1 saturated heterocycles. The number of rotatable bonds is 1. The molecule has 3 nitrogen and oxygen atoms in total. The summed E-state index contributed by atoms with van der Waals surface area (Å²) in [5, 5.41) is 0. The molecule has 102 valence electrons. The Morgan fingerprint density at radius 3 is 2.47 bits per heavy atom. The Bertz CT molecular complexity index is 433. The van der Waals surface area contributed by atoms with Gasteiger partial charge in [0, 0.05) is 12.0 Å². The summed E-state index contributed by atoms with van der Waals surface area (Å²) in [6.45, 7) is 1.01. The number of carbonyl (C=O) groups is 1. The first-order valence-electron chi connectivity index (χ1n) is 7.12. The van der Waals surface area contributed by atoms with Crippen molar-refractivity contribution in [2.75, 3.05) is 13.2 Å². The van der Waals surface area contributed by atoms with E-state index in [0.717, 1.165) is 31.2 Å². The Labute approximate surface area is 113 Å². The molecule has 0 radical (unpaired) electrons. The van der Waals surface area contributed by atoms with E-state index in [1.165, 1.54) is 0 Å². The Morgan fingerprint density at radius 1 is 1.00 bits per heavy atom. The molecule has 1 aromatic carbocycles. The van der Waals surface area contributed by atoms with Crippen LogP contribution in [0.2, 0.25) is 0 Å². The van der Waals surface area contributed by atoms with Crippen LogP contribution in [0.15, 0.2) is 30.3 Å². The van der Waals surface area contributed by atoms with Gasteiger partial charge in [-0.25, -0.2) is 0 Å². The maximum Gasteiger partial charge on any atom is 0.183 e. The van der Waals surface area contributed by atoms with Crippen LogP contribution < -0.4 is 0 Å². The van der Waals surface area contributed by atoms with Gasteiger partial charge in [-0.05, 0) is 12.8 Å². The highest BCUT2D eigenvalue weighted by Crippen LogP contribution is 2.39. The van der Waals surface area contributed by atoms with E-state index in [9.17, 15) is 4.79 Å². The second-order valence-corrected chi connectivity index (χ2v) is 5.63. The second-order valence-electron chi connectivity index (χ2n) is 5.63. The zero-order valence-electron chi connectivity index (χ0n) is 11.1. The largest absolute Gasteiger partial charge is 0.347 e. The molecule has 1 aromatic rings. The van der Waals surface area contributed by atoms with Crippen LogP contribution in [0.3, 0.4) is 0 Å². The first kappa shape index (κ1) is 12.8. The highest BCUT2D eigenvalue weighted by atomic mass is 16.7. The molecule has 0 bridgehead atoms. The molecule has 1 saturated carbocycles. The summed E-state index contributed by atoms with van der Waals surface area (Å²) in [5.74, 6) is 0.330. The Morgan fingerprint density at radius 2 is 1.74 bits per heavy atom. The van der Waals surface area contributed by atoms with Crippen molar-refractivity contribution in [1.82, 2.24) is 0 Å². The van der Waals surface area contributed by atoms with Crippen molar-refractivity contribution < 1.29 is 14.3 Å². The van der Waals surface area contributed by atoms with Gasteiger partial charge in [0.1, 0.15) is 5.78 Å². The Kier molecular flexibility index (Phi) is 3.67. The predicted octanol–water partition coefficient (Wildman–Crippen LogP) is 3.25. The maximum absolute atomic E-state index is 12.3. The van der Waals surface area contributed by atoms with Crippen LogP contribution in [0.25, 0.3) is 0 Å². The topological polar surface area (TPSA) is 35.5 Å². The van der Waals surface area contributed by atoms with Crippen molar-refractivity contribution >= 4 is 5.78 Å². The molecule has 1 aliphatic carbocycles. The molecule has 1 spiro atoms. The third-order valence-corrected chi connectivity index (χ3v) is 4.24. The molecule has 2 fully saturated rings. The van der Waals surface area contributed by atoms with Crippen LogP contribution in [0.4, 0.5) is 0 Å². The smallest absolute Gasteiger partial charge is 0.183 e. The van der Waals surface area contributed by atoms with Gasteiger partial charge in [0.25, 0.3) is 0 Å². The fourth-order valence-electron chi connectivity index (χ4n) is 3.00. The molecular weight excluding hydrogens is 240 g/mol. The Balaban J connectivity index is 1.70. The quantitative estimate of drug-likeness (QED) is 0.777. The van der Waals surface area contributed by atoms with Gasteiger partial charge in [0.15, 0.2) is 6.29 Å². The molecule has 0 aromatic heterocycles. The third kappa shape index (κ3) is 2.58. The lowest BCUT2D eigenvalue weighted by atomic mass is 9.80. The highest BCUT2D eigenvalue weighted by Gasteiger charge is 2.43.